The van der Waals surface area contributed by atoms with Gasteiger partial charge in [-0.3, -0.25) is 0 Å². The van der Waals surface area contributed by atoms with Crippen molar-refractivity contribution >= 4 is 0 Å². The number of ether oxygens (including phenoxy) is 1. The molecule has 0 bridgehead atoms. The van der Waals surface area contributed by atoms with E-state index in [4.69, 9.17) is 4.74 Å². The number of halogens is 1. The highest BCUT2D eigenvalue weighted by atomic mass is 19.1. The van der Waals surface area contributed by atoms with Crippen LogP contribution in [0.15, 0.2) is 0 Å². The van der Waals surface area contributed by atoms with Gasteiger partial charge >= 0.3 is 0 Å². The smallest absolute Gasteiger partial charge is 0.100 e. The molecule has 0 heterocycles. The third-order valence-corrected chi connectivity index (χ3v) is 2.47. The van der Waals surface area contributed by atoms with Crippen molar-refractivity contribution in [1.29, 1.82) is 0 Å². The molecule has 0 N–H and O–H groups in total. The fourth-order valence-electron chi connectivity index (χ4n) is 1.23. The minimum atomic E-state index is -0.640. The number of alkyl halides is 1. The first-order valence-corrected chi connectivity index (χ1v) is 4.74. The van der Waals surface area contributed by atoms with Gasteiger partial charge in [0.1, 0.15) is 6.17 Å². The van der Waals surface area contributed by atoms with Gasteiger partial charge in [-0.05, 0) is 24.7 Å². The summed E-state index contributed by atoms with van der Waals surface area (Å²) in [6.45, 7) is 6.82. The van der Waals surface area contributed by atoms with Gasteiger partial charge in [0.05, 0.1) is 0 Å². The summed E-state index contributed by atoms with van der Waals surface area (Å²) in [5.74, 6) is 0.875. The molecule has 0 aromatic carbocycles. The van der Waals surface area contributed by atoms with E-state index in [0.29, 0.717) is 24.7 Å². The molecule has 0 fully saturated rings. The lowest BCUT2D eigenvalue weighted by molar-refractivity contribution is 0.119. The Bertz CT molecular complexity index is 106. The zero-order valence-corrected chi connectivity index (χ0v) is 8.64. The molecule has 0 spiro atoms. The largest absolute Gasteiger partial charge is 0.384 e. The van der Waals surface area contributed by atoms with Crippen LogP contribution in [0.5, 0.6) is 0 Å². The minimum Gasteiger partial charge on any atom is -0.384 e. The highest BCUT2D eigenvalue weighted by molar-refractivity contribution is 4.65. The average molecular weight is 176 g/mol. The molecule has 1 nitrogen and oxygen atoms in total. The second kappa shape index (κ2) is 6.41. The average Bonchev–Trinajstić information content (AvgIpc) is 2.04. The summed E-state index contributed by atoms with van der Waals surface area (Å²) in [5, 5.41) is 0. The number of methoxy groups -OCH3 is 1. The van der Waals surface area contributed by atoms with Crippen LogP contribution < -0.4 is 0 Å². The first-order valence-electron chi connectivity index (χ1n) is 4.74. The first kappa shape index (κ1) is 11.9. The molecule has 0 aromatic heterocycles. The Morgan fingerprint density at radius 2 is 1.83 bits per heavy atom. The van der Waals surface area contributed by atoms with Crippen molar-refractivity contribution in [2.45, 2.75) is 39.8 Å². The van der Waals surface area contributed by atoms with Gasteiger partial charge in [0.15, 0.2) is 0 Å². The van der Waals surface area contributed by atoms with Gasteiger partial charge in [0.2, 0.25) is 0 Å². The van der Waals surface area contributed by atoms with Crippen molar-refractivity contribution in [3.05, 3.63) is 0 Å². The van der Waals surface area contributed by atoms with Crippen LogP contribution in [0.1, 0.15) is 33.6 Å². The molecule has 0 rings (SSSR count). The Hall–Kier alpha value is -0.110. The lowest BCUT2D eigenvalue weighted by Gasteiger charge is -2.20. The van der Waals surface area contributed by atoms with Crippen LogP contribution in [0.4, 0.5) is 4.39 Å². The summed E-state index contributed by atoms with van der Waals surface area (Å²) >= 11 is 0. The van der Waals surface area contributed by atoms with E-state index in [1.165, 1.54) is 0 Å². The van der Waals surface area contributed by atoms with E-state index in [9.17, 15) is 4.39 Å². The fraction of sp³-hybridized carbons (Fsp3) is 1.00. The third kappa shape index (κ3) is 4.70. The van der Waals surface area contributed by atoms with Crippen LogP contribution in [0.3, 0.4) is 0 Å². The molecule has 0 amide bonds. The summed E-state index contributed by atoms with van der Waals surface area (Å²) in [7, 11) is 1.69. The number of hydrogen-bond donors (Lipinski definition) is 0. The normalized spacial score (nSPS) is 18.8. The van der Waals surface area contributed by atoms with Crippen molar-refractivity contribution in [2.24, 2.45) is 11.8 Å². The Kier molecular flexibility index (Phi) is 6.35. The van der Waals surface area contributed by atoms with E-state index < -0.39 is 6.17 Å². The molecule has 2 unspecified atom stereocenters. The van der Waals surface area contributed by atoms with E-state index in [1.54, 1.807) is 7.11 Å². The summed E-state index contributed by atoms with van der Waals surface area (Å²) < 4.78 is 18.0. The van der Waals surface area contributed by atoms with Crippen molar-refractivity contribution in [2.75, 3.05) is 13.7 Å². The van der Waals surface area contributed by atoms with E-state index in [-0.39, 0.29) is 0 Å². The molecule has 0 aliphatic rings. The molecule has 0 saturated heterocycles. The number of hydrogen-bond acceptors (Lipinski definition) is 1. The van der Waals surface area contributed by atoms with Crippen molar-refractivity contribution in [3.63, 3.8) is 0 Å². The maximum absolute atomic E-state index is 12.9. The van der Waals surface area contributed by atoms with Crippen molar-refractivity contribution in [3.8, 4) is 0 Å². The van der Waals surface area contributed by atoms with Crippen LogP contribution >= 0.6 is 0 Å². The molecule has 0 radical (unpaired) electrons. The molecular weight excluding hydrogens is 155 g/mol. The maximum Gasteiger partial charge on any atom is 0.100 e. The predicted molar refractivity (Wildman–Crippen MR) is 50.0 cm³/mol. The minimum absolute atomic E-state index is 0.417. The lowest BCUT2D eigenvalue weighted by Crippen LogP contribution is -2.17. The van der Waals surface area contributed by atoms with Gasteiger partial charge in [-0.2, -0.15) is 0 Å². The summed E-state index contributed by atoms with van der Waals surface area (Å²) in [4.78, 5) is 0. The Labute approximate surface area is 75.3 Å². The van der Waals surface area contributed by atoms with Crippen LogP contribution in [0.25, 0.3) is 0 Å². The fourth-order valence-corrected chi connectivity index (χ4v) is 1.23. The van der Waals surface area contributed by atoms with Gasteiger partial charge in [-0.15, -0.1) is 0 Å². The zero-order chi connectivity index (χ0) is 9.56. The first-order chi connectivity index (χ1) is 5.61. The van der Waals surface area contributed by atoms with E-state index >= 15 is 0 Å². The third-order valence-electron chi connectivity index (χ3n) is 2.47. The van der Waals surface area contributed by atoms with Crippen molar-refractivity contribution < 1.29 is 9.13 Å². The number of rotatable bonds is 6. The Morgan fingerprint density at radius 1 is 1.25 bits per heavy atom. The zero-order valence-electron chi connectivity index (χ0n) is 8.64. The molecule has 0 aromatic rings. The molecule has 3 atom stereocenters. The standard InChI is InChI=1S/C10H21FO/c1-5-10(11)6-8(2)9(3)7-12-4/h8-10H,5-7H2,1-4H3/t8?,9-,10?/m0/s1. The molecular formula is C10H21FO. The van der Waals surface area contributed by atoms with Gasteiger partial charge in [-0.25, -0.2) is 4.39 Å². The summed E-state index contributed by atoms with van der Waals surface area (Å²) in [6, 6.07) is 0. The molecule has 0 aliphatic carbocycles. The van der Waals surface area contributed by atoms with Gasteiger partial charge in [0.25, 0.3) is 0 Å². The Morgan fingerprint density at radius 3 is 2.25 bits per heavy atom. The molecule has 12 heavy (non-hydrogen) atoms. The lowest BCUT2D eigenvalue weighted by atomic mass is 9.91. The van der Waals surface area contributed by atoms with Crippen LogP contribution in [0, 0.1) is 11.8 Å². The van der Waals surface area contributed by atoms with Crippen LogP contribution in [0.2, 0.25) is 0 Å². The highest BCUT2D eigenvalue weighted by Crippen LogP contribution is 2.19. The monoisotopic (exact) mass is 176 g/mol. The van der Waals surface area contributed by atoms with Crippen LogP contribution in [-0.4, -0.2) is 19.9 Å². The summed E-state index contributed by atoms with van der Waals surface area (Å²) in [6.07, 6.45) is 0.657. The molecule has 74 valence electrons. The van der Waals surface area contributed by atoms with Crippen LogP contribution in [-0.2, 0) is 4.74 Å². The van der Waals surface area contributed by atoms with Gasteiger partial charge < -0.3 is 4.74 Å². The quantitative estimate of drug-likeness (QED) is 0.604. The van der Waals surface area contributed by atoms with Gasteiger partial charge in [0, 0.05) is 13.7 Å². The van der Waals surface area contributed by atoms with E-state index in [0.717, 1.165) is 6.61 Å². The topological polar surface area (TPSA) is 9.23 Å². The second-order valence-corrected chi connectivity index (χ2v) is 3.65. The summed E-state index contributed by atoms with van der Waals surface area (Å²) in [5.41, 5.74) is 0. The maximum atomic E-state index is 12.9. The van der Waals surface area contributed by atoms with E-state index in [1.807, 2.05) is 6.92 Å². The SMILES string of the molecule is CCC(F)CC(C)[C@@H](C)COC. The molecule has 0 aliphatic heterocycles. The Balaban J connectivity index is 3.62. The second-order valence-electron chi connectivity index (χ2n) is 3.65. The van der Waals surface area contributed by atoms with E-state index in [2.05, 4.69) is 13.8 Å². The predicted octanol–water partition coefficient (Wildman–Crippen LogP) is 3.04. The van der Waals surface area contributed by atoms with Crippen molar-refractivity contribution in [1.82, 2.24) is 0 Å². The van der Waals surface area contributed by atoms with Gasteiger partial charge in [-0.1, -0.05) is 20.8 Å². The highest BCUT2D eigenvalue weighted by Gasteiger charge is 2.16. The molecule has 0 saturated carbocycles. The molecule has 2 heteroatoms.